The number of Topliss-reactive ketones (excluding diaryl/α,β-unsaturated/α-hetero) is 1. The number of rotatable bonds is 6. The molecular weight excluding hydrogens is 180 g/mol. The molecular formula is C11H18O3. The van der Waals surface area contributed by atoms with Crippen LogP contribution in [0.25, 0.3) is 0 Å². The van der Waals surface area contributed by atoms with E-state index in [1.54, 1.807) is 0 Å². The lowest BCUT2D eigenvalue weighted by molar-refractivity contribution is -0.166. The molecule has 2 rings (SSSR count). The summed E-state index contributed by atoms with van der Waals surface area (Å²) in [6.07, 6.45) is 3.89. The maximum Gasteiger partial charge on any atom is 0.166 e. The second kappa shape index (κ2) is 4.41. The van der Waals surface area contributed by atoms with Crippen molar-refractivity contribution in [1.82, 2.24) is 0 Å². The molecule has 0 aromatic heterocycles. The van der Waals surface area contributed by atoms with Gasteiger partial charge in [0.2, 0.25) is 0 Å². The number of ketones is 1. The van der Waals surface area contributed by atoms with E-state index in [4.69, 9.17) is 9.47 Å². The van der Waals surface area contributed by atoms with Gasteiger partial charge in [0.25, 0.3) is 0 Å². The van der Waals surface area contributed by atoms with Crippen LogP contribution < -0.4 is 0 Å². The fourth-order valence-electron chi connectivity index (χ4n) is 1.60. The Hall–Kier alpha value is -0.410. The van der Waals surface area contributed by atoms with E-state index in [2.05, 4.69) is 0 Å². The van der Waals surface area contributed by atoms with Gasteiger partial charge in [0.05, 0.1) is 6.10 Å². The topological polar surface area (TPSA) is 35.5 Å². The molecule has 0 amide bonds. The van der Waals surface area contributed by atoms with Gasteiger partial charge in [0.15, 0.2) is 5.78 Å². The monoisotopic (exact) mass is 198 g/mol. The van der Waals surface area contributed by atoms with E-state index in [1.807, 2.05) is 6.92 Å². The molecule has 2 fully saturated rings. The molecule has 0 N–H and O–H groups in total. The van der Waals surface area contributed by atoms with Crippen LogP contribution in [0.5, 0.6) is 0 Å². The van der Waals surface area contributed by atoms with Crippen molar-refractivity contribution >= 4 is 5.78 Å². The molecule has 0 aromatic carbocycles. The Morgan fingerprint density at radius 1 is 1.36 bits per heavy atom. The van der Waals surface area contributed by atoms with Crippen LogP contribution in [-0.2, 0) is 14.3 Å². The Morgan fingerprint density at radius 2 is 2.14 bits per heavy atom. The van der Waals surface area contributed by atoms with Crippen molar-refractivity contribution in [3.8, 4) is 0 Å². The first-order valence-electron chi connectivity index (χ1n) is 5.57. The summed E-state index contributed by atoms with van der Waals surface area (Å²) < 4.78 is 11.1. The lowest BCUT2D eigenvalue weighted by Crippen LogP contribution is -2.50. The van der Waals surface area contributed by atoms with E-state index in [-0.39, 0.29) is 18.0 Å². The predicted octanol–water partition coefficient (Wildman–Crippen LogP) is 1.55. The van der Waals surface area contributed by atoms with E-state index >= 15 is 0 Å². The molecule has 0 spiro atoms. The second-order valence-corrected chi connectivity index (χ2v) is 4.28. The summed E-state index contributed by atoms with van der Waals surface area (Å²) in [6.45, 7) is 3.53. The van der Waals surface area contributed by atoms with Gasteiger partial charge in [-0.15, -0.1) is 0 Å². The molecule has 0 saturated heterocycles. The summed E-state index contributed by atoms with van der Waals surface area (Å²) in [6, 6.07) is 0. The van der Waals surface area contributed by atoms with Gasteiger partial charge in [-0.25, -0.2) is 0 Å². The fraction of sp³-hybridized carbons (Fsp3) is 0.909. The van der Waals surface area contributed by atoms with Gasteiger partial charge in [-0.3, -0.25) is 4.79 Å². The molecule has 3 heteroatoms. The van der Waals surface area contributed by atoms with Crippen molar-refractivity contribution < 1.29 is 14.3 Å². The molecule has 2 saturated carbocycles. The van der Waals surface area contributed by atoms with Crippen LogP contribution in [0, 0.1) is 5.92 Å². The molecule has 2 atom stereocenters. The van der Waals surface area contributed by atoms with Gasteiger partial charge in [0.1, 0.15) is 6.10 Å². The predicted molar refractivity (Wildman–Crippen MR) is 52.1 cm³/mol. The molecule has 0 radical (unpaired) electrons. The van der Waals surface area contributed by atoms with Crippen molar-refractivity contribution in [2.45, 2.75) is 44.8 Å². The van der Waals surface area contributed by atoms with Crippen molar-refractivity contribution in [2.75, 3.05) is 13.2 Å². The number of ether oxygens (including phenoxy) is 2. The zero-order valence-corrected chi connectivity index (χ0v) is 8.70. The van der Waals surface area contributed by atoms with Crippen molar-refractivity contribution in [3.05, 3.63) is 0 Å². The van der Waals surface area contributed by atoms with Crippen molar-refractivity contribution in [3.63, 3.8) is 0 Å². The minimum Gasteiger partial charge on any atom is -0.374 e. The largest absolute Gasteiger partial charge is 0.374 e. The zero-order chi connectivity index (χ0) is 9.97. The highest BCUT2D eigenvalue weighted by molar-refractivity contribution is 5.90. The van der Waals surface area contributed by atoms with E-state index in [1.165, 1.54) is 12.8 Å². The number of carbonyl (C=O) groups is 1. The second-order valence-electron chi connectivity index (χ2n) is 4.28. The van der Waals surface area contributed by atoms with E-state index in [9.17, 15) is 4.79 Å². The van der Waals surface area contributed by atoms with Crippen LogP contribution in [0.1, 0.15) is 32.6 Å². The summed E-state index contributed by atoms with van der Waals surface area (Å²) in [5.74, 6) is 0.969. The Bertz CT molecular complexity index is 211. The summed E-state index contributed by atoms with van der Waals surface area (Å²) in [5.41, 5.74) is 0. The Labute approximate surface area is 84.8 Å². The molecule has 0 bridgehead atoms. The molecule has 2 aliphatic carbocycles. The summed E-state index contributed by atoms with van der Waals surface area (Å²) in [4.78, 5) is 11.2. The summed E-state index contributed by atoms with van der Waals surface area (Å²) in [5, 5.41) is 0. The standard InChI is InChI=1S/C11H18O3/c1-2-5-13-11-9(12)6-10(11)14-7-8-3-4-8/h8,10-11H,2-7H2,1H3. The van der Waals surface area contributed by atoms with Gasteiger partial charge in [-0.05, 0) is 25.2 Å². The minimum atomic E-state index is -0.256. The first-order chi connectivity index (χ1) is 6.81. The lowest BCUT2D eigenvalue weighted by atomic mass is 9.90. The molecule has 2 unspecified atom stereocenters. The molecule has 0 heterocycles. The average Bonchev–Trinajstić information content (AvgIpc) is 2.96. The van der Waals surface area contributed by atoms with Gasteiger partial charge in [-0.1, -0.05) is 6.92 Å². The Balaban J connectivity index is 1.67. The minimum absolute atomic E-state index is 0.0506. The molecule has 0 aliphatic heterocycles. The smallest absolute Gasteiger partial charge is 0.166 e. The van der Waals surface area contributed by atoms with E-state index < -0.39 is 0 Å². The van der Waals surface area contributed by atoms with E-state index in [0.717, 1.165) is 18.9 Å². The van der Waals surface area contributed by atoms with Crippen LogP contribution in [0.3, 0.4) is 0 Å². The van der Waals surface area contributed by atoms with Crippen LogP contribution >= 0.6 is 0 Å². The average molecular weight is 198 g/mol. The third-order valence-corrected chi connectivity index (χ3v) is 2.80. The number of carbonyl (C=O) groups excluding carboxylic acids is 1. The van der Waals surface area contributed by atoms with Gasteiger partial charge in [-0.2, -0.15) is 0 Å². The first kappa shape index (κ1) is 10.1. The number of hydrogen-bond acceptors (Lipinski definition) is 3. The van der Waals surface area contributed by atoms with Crippen LogP contribution in [0.15, 0.2) is 0 Å². The quantitative estimate of drug-likeness (QED) is 0.649. The summed E-state index contributed by atoms with van der Waals surface area (Å²) >= 11 is 0. The van der Waals surface area contributed by atoms with Crippen molar-refractivity contribution in [1.29, 1.82) is 0 Å². The van der Waals surface area contributed by atoms with Gasteiger partial charge < -0.3 is 9.47 Å². The van der Waals surface area contributed by atoms with Gasteiger partial charge >= 0.3 is 0 Å². The molecule has 2 aliphatic rings. The highest BCUT2D eigenvalue weighted by atomic mass is 16.5. The highest BCUT2D eigenvalue weighted by Gasteiger charge is 2.42. The van der Waals surface area contributed by atoms with E-state index in [0.29, 0.717) is 13.0 Å². The zero-order valence-electron chi connectivity index (χ0n) is 8.70. The van der Waals surface area contributed by atoms with Crippen LogP contribution in [0.2, 0.25) is 0 Å². The Morgan fingerprint density at radius 3 is 2.71 bits per heavy atom. The third-order valence-electron chi connectivity index (χ3n) is 2.80. The maximum atomic E-state index is 11.2. The maximum absolute atomic E-state index is 11.2. The summed E-state index contributed by atoms with van der Waals surface area (Å²) in [7, 11) is 0. The normalized spacial score (nSPS) is 31.6. The van der Waals surface area contributed by atoms with Gasteiger partial charge in [0, 0.05) is 19.6 Å². The Kier molecular flexibility index (Phi) is 3.19. The fourth-order valence-corrected chi connectivity index (χ4v) is 1.60. The molecule has 0 aromatic rings. The molecule has 3 nitrogen and oxygen atoms in total. The highest BCUT2D eigenvalue weighted by Crippen LogP contribution is 2.31. The third kappa shape index (κ3) is 2.34. The van der Waals surface area contributed by atoms with Crippen LogP contribution in [-0.4, -0.2) is 31.2 Å². The number of hydrogen-bond donors (Lipinski definition) is 0. The van der Waals surface area contributed by atoms with Crippen LogP contribution in [0.4, 0.5) is 0 Å². The first-order valence-corrected chi connectivity index (χ1v) is 5.57. The molecule has 14 heavy (non-hydrogen) atoms. The van der Waals surface area contributed by atoms with Crippen molar-refractivity contribution in [2.24, 2.45) is 5.92 Å². The molecule has 80 valence electrons. The SMILES string of the molecule is CCCOC1C(=O)CC1OCC1CC1. The lowest BCUT2D eigenvalue weighted by Gasteiger charge is -2.34.